The number of fused-ring (bicyclic) bond motifs is 1. The molecular formula is C16H22F2N2O. The summed E-state index contributed by atoms with van der Waals surface area (Å²) in [6.07, 6.45) is 4.59. The molecule has 0 amide bonds. The predicted molar refractivity (Wildman–Crippen MR) is 76.9 cm³/mol. The van der Waals surface area contributed by atoms with Gasteiger partial charge in [-0.05, 0) is 43.4 Å². The van der Waals surface area contributed by atoms with Crippen LogP contribution in [0.3, 0.4) is 0 Å². The number of nitrogens with two attached hydrogens (primary N) is 1. The second-order valence-electron chi connectivity index (χ2n) is 6.04. The summed E-state index contributed by atoms with van der Waals surface area (Å²) < 4.78 is 32.3. The van der Waals surface area contributed by atoms with Gasteiger partial charge in [0.25, 0.3) is 0 Å². The van der Waals surface area contributed by atoms with Crippen molar-refractivity contribution in [1.29, 1.82) is 0 Å². The molecule has 1 heterocycles. The van der Waals surface area contributed by atoms with E-state index in [1.807, 2.05) is 0 Å². The van der Waals surface area contributed by atoms with Crippen molar-refractivity contribution in [3.05, 3.63) is 35.4 Å². The first-order chi connectivity index (χ1) is 10.1. The number of halogens is 2. The van der Waals surface area contributed by atoms with Gasteiger partial charge in [0.05, 0.1) is 12.7 Å². The summed E-state index contributed by atoms with van der Waals surface area (Å²) in [7, 11) is 0. The molecule has 1 aliphatic carbocycles. The van der Waals surface area contributed by atoms with Crippen LogP contribution in [-0.2, 0) is 4.74 Å². The Bertz CT molecular complexity index is 477. The van der Waals surface area contributed by atoms with E-state index in [-0.39, 0.29) is 6.04 Å². The van der Waals surface area contributed by atoms with Crippen molar-refractivity contribution < 1.29 is 13.5 Å². The quantitative estimate of drug-likeness (QED) is 0.928. The Morgan fingerprint density at radius 1 is 1.24 bits per heavy atom. The van der Waals surface area contributed by atoms with Crippen LogP contribution in [0.5, 0.6) is 0 Å². The van der Waals surface area contributed by atoms with E-state index in [4.69, 9.17) is 10.5 Å². The first-order valence-electron chi connectivity index (χ1n) is 7.71. The number of ether oxygens (including phenoxy) is 1. The Morgan fingerprint density at radius 3 is 2.76 bits per heavy atom. The van der Waals surface area contributed by atoms with Crippen LogP contribution in [0, 0.1) is 11.6 Å². The average molecular weight is 296 g/mol. The number of morpholine rings is 1. The van der Waals surface area contributed by atoms with E-state index in [9.17, 15) is 8.78 Å². The molecule has 0 radical (unpaired) electrons. The molecule has 3 atom stereocenters. The third-order valence-corrected chi connectivity index (χ3v) is 4.64. The second kappa shape index (κ2) is 6.38. The highest BCUT2D eigenvalue weighted by Gasteiger charge is 2.35. The molecule has 1 saturated heterocycles. The molecule has 0 aromatic heterocycles. The molecule has 1 aromatic rings. The molecule has 1 aliphatic heterocycles. The SMILES string of the molecule is NC(CCN1CCOC2CCCC21)c1cc(F)cc(F)c1. The minimum atomic E-state index is -0.567. The van der Waals surface area contributed by atoms with E-state index in [0.29, 0.717) is 24.1 Å². The third kappa shape index (κ3) is 3.42. The first kappa shape index (κ1) is 14.9. The van der Waals surface area contributed by atoms with Gasteiger partial charge in [-0.1, -0.05) is 0 Å². The molecule has 116 valence electrons. The molecule has 1 aromatic carbocycles. The largest absolute Gasteiger partial charge is 0.375 e. The number of benzene rings is 1. The van der Waals surface area contributed by atoms with Crippen molar-refractivity contribution in [2.24, 2.45) is 5.73 Å². The lowest BCUT2D eigenvalue weighted by molar-refractivity contribution is -0.0561. The highest BCUT2D eigenvalue weighted by Crippen LogP contribution is 2.30. The van der Waals surface area contributed by atoms with Crippen molar-refractivity contribution in [2.45, 2.75) is 43.9 Å². The van der Waals surface area contributed by atoms with Gasteiger partial charge in [-0.15, -0.1) is 0 Å². The van der Waals surface area contributed by atoms with Crippen molar-refractivity contribution in [3.63, 3.8) is 0 Å². The molecule has 3 rings (SSSR count). The highest BCUT2D eigenvalue weighted by molar-refractivity contribution is 5.21. The number of nitrogens with zero attached hydrogens (tertiary/aromatic N) is 1. The zero-order chi connectivity index (χ0) is 14.8. The van der Waals surface area contributed by atoms with Gasteiger partial charge in [-0.3, -0.25) is 4.90 Å². The minimum absolute atomic E-state index is 0.335. The summed E-state index contributed by atoms with van der Waals surface area (Å²) in [4.78, 5) is 2.43. The van der Waals surface area contributed by atoms with E-state index in [1.165, 1.54) is 25.0 Å². The van der Waals surface area contributed by atoms with Gasteiger partial charge >= 0.3 is 0 Å². The first-order valence-corrected chi connectivity index (χ1v) is 7.71. The summed E-state index contributed by atoms with van der Waals surface area (Å²) in [6.45, 7) is 2.54. The lowest BCUT2D eigenvalue weighted by atomic mass is 10.0. The van der Waals surface area contributed by atoms with E-state index in [1.54, 1.807) is 0 Å². The monoisotopic (exact) mass is 296 g/mol. The molecule has 0 bridgehead atoms. The zero-order valence-electron chi connectivity index (χ0n) is 12.1. The van der Waals surface area contributed by atoms with Crippen molar-refractivity contribution in [3.8, 4) is 0 Å². The maximum absolute atomic E-state index is 13.2. The zero-order valence-corrected chi connectivity index (χ0v) is 12.1. The smallest absolute Gasteiger partial charge is 0.126 e. The minimum Gasteiger partial charge on any atom is -0.375 e. The predicted octanol–water partition coefficient (Wildman–Crippen LogP) is 2.61. The molecular weight excluding hydrogens is 274 g/mol. The Hall–Kier alpha value is -1.04. The topological polar surface area (TPSA) is 38.5 Å². The fourth-order valence-corrected chi connectivity index (χ4v) is 3.54. The number of hydrogen-bond donors (Lipinski definition) is 1. The van der Waals surface area contributed by atoms with Crippen molar-refractivity contribution in [2.75, 3.05) is 19.7 Å². The van der Waals surface area contributed by atoms with Gasteiger partial charge < -0.3 is 10.5 Å². The Balaban J connectivity index is 1.59. The van der Waals surface area contributed by atoms with E-state index < -0.39 is 11.6 Å². The van der Waals surface area contributed by atoms with Crippen LogP contribution in [0.4, 0.5) is 8.78 Å². The van der Waals surface area contributed by atoms with E-state index in [2.05, 4.69) is 4.90 Å². The third-order valence-electron chi connectivity index (χ3n) is 4.64. The molecule has 3 nitrogen and oxygen atoms in total. The summed E-state index contributed by atoms with van der Waals surface area (Å²) in [5, 5.41) is 0. The second-order valence-corrected chi connectivity index (χ2v) is 6.04. The normalized spacial score (nSPS) is 27.6. The van der Waals surface area contributed by atoms with Crippen LogP contribution in [0.25, 0.3) is 0 Å². The molecule has 0 spiro atoms. The van der Waals surface area contributed by atoms with Crippen LogP contribution in [0.15, 0.2) is 18.2 Å². The number of rotatable bonds is 4. The molecule has 5 heteroatoms. The molecule has 1 saturated carbocycles. The Labute approximate surface area is 124 Å². The van der Waals surface area contributed by atoms with Crippen molar-refractivity contribution >= 4 is 0 Å². The summed E-state index contributed by atoms with van der Waals surface area (Å²) in [6, 6.07) is 3.69. The van der Waals surface area contributed by atoms with Gasteiger partial charge in [0.2, 0.25) is 0 Å². The van der Waals surface area contributed by atoms with Gasteiger partial charge in [0.1, 0.15) is 11.6 Å². The average Bonchev–Trinajstić information content (AvgIpc) is 2.92. The fourth-order valence-electron chi connectivity index (χ4n) is 3.54. The summed E-state index contributed by atoms with van der Waals surface area (Å²) in [5.41, 5.74) is 6.63. The van der Waals surface area contributed by atoms with Gasteiger partial charge in [-0.25, -0.2) is 8.78 Å². The maximum atomic E-state index is 13.2. The van der Waals surface area contributed by atoms with Crippen LogP contribution in [0.1, 0.15) is 37.3 Å². The molecule has 2 aliphatic rings. The van der Waals surface area contributed by atoms with Crippen LogP contribution in [-0.4, -0.2) is 36.7 Å². The summed E-state index contributed by atoms with van der Waals surface area (Å²) >= 11 is 0. The molecule has 21 heavy (non-hydrogen) atoms. The molecule has 2 N–H and O–H groups in total. The van der Waals surface area contributed by atoms with Gasteiger partial charge in [-0.2, -0.15) is 0 Å². The van der Waals surface area contributed by atoms with Crippen LogP contribution in [0.2, 0.25) is 0 Å². The fraction of sp³-hybridized carbons (Fsp3) is 0.625. The molecule has 2 fully saturated rings. The lowest BCUT2D eigenvalue weighted by Gasteiger charge is -2.38. The van der Waals surface area contributed by atoms with Crippen molar-refractivity contribution in [1.82, 2.24) is 4.90 Å². The van der Waals surface area contributed by atoms with Crippen LogP contribution >= 0.6 is 0 Å². The lowest BCUT2D eigenvalue weighted by Crippen LogP contribution is -2.49. The molecule has 3 unspecified atom stereocenters. The van der Waals surface area contributed by atoms with Gasteiger partial charge in [0, 0.05) is 31.2 Å². The van der Waals surface area contributed by atoms with E-state index in [0.717, 1.165) is 32.2 Å². The summed E-state index contributed by atoms with van der Waals surface area (Å²) in [5.74, 6) is -1.13. The van der Waals surface area contributed by atoms with Crippen LogP contribution < -0.4 is 5.73 Å². The van der Waals surface area contributed by atoms with Gasteiger partial charge in [0.15, 0.2) is 0 Å². The highest BCUT2D eigenvalue weighted by atomic mass is 19.1. The maximum Gasteiger partial charge on any atom is 0.126 e. The standard InChI is InChI=1S/C16H22F2N2O/c17-12-8-11(9-13(18)10-12)14(19)4-5-20-6-7-21-16-3-1-2-15(16)20/h8-10,14-16H,1-7,19H2. The number of hydrogen-bond acceptors (Lipinski definition) is 3. The Morgan fingerprint density at radius 2 is 2.00 bits per heavy atom. The van der Waals surface area contributed by atoms with E-state index >= 15 is 0 Å². The Kier molecular flexibility index (Phi) is 4.52.